The Morgan fingerprint density at radius 1 is 1.08 bits per heavy atom. The summed E-state index contributed by atoms with van der Waals surface area (Å²) in [6, 6.07) is 6.08. The quantitative estimate of drug-likeness (QED) is 0.206. The van der Waals surface area contributed by atoms with Gasteiger partial charge in [-0.2, -0.15) is 5.10 Å². The molecule has 2 N–H and O–H groups in total. The van der Waals surface area contributed by atoms with Crippen molar-refractivity contribution < 1.29 is 31.4 Å². The minimum absolute atomic E-state index is 0.120. The Hall–Kier alpha value is -3.46. The number of nitrogens with zero attached hydrogens (tertiary/aromatic N) is 4. The molecule has 0 aliphatic carbocycles. The smallest absolute Gasteiger partial charge is 0.244 e. The van der Waals surface area contributed by atoms with E-state index in [-0.39, 0.29) is 29.5 Å². The fourth-order valence-corrected chi connectivity index (χ4v) is 5.43. The molecule has 4 aromatic rings. The lowest BCUT2D eigenvalue weighted by molar-refractivity contribution is 0.0813. The SMILES string of the molecule is COc1nccc(-c2ccc(F)c(COc3cnc4c(cnn4COCC[Si](C)(C)C)c3)c2F)c1S(N)(=O)=O. The second-order valence-corrected chi connectivity index (χ2v) is 17.1. The molecule has 0 radical (unpaired) electrons. The van der Waals surface area contributed by atoms with E-state index in [1.54, 1.807) is 16.9 Å². The number of methoxy groups -OCH3 is 1. The minimum Gasteiger partial charge on any atom is -0.487 e. The van der Waals surface area contributed by atoms with Crippen molar-refractivity contribution in [1.82, 2.24) is 19.7 Å². The number of ether oxygens (including phenoxy) is 3. The summed E-state index contributed by atoms with van der Waals surface area (Å²) in [4.78, 5) is 7.68. The van der Waals surface area contributed by atoms with Crippen LogP contribution in [0.1, 0.15) is 5.56 Å². The molecule has 0 amide bonds. The van der Waals surface area contributed by atoms with E-state index in [2.05, 4.69) is 34.7 Å². The largest absolute Gasteiger partial charge is 0.487 e. The van der Waals surface area contributed by atoms with E-state index in [4.69, 9.17) is 19.3 Å². The predicted molar refractivity (Wildman–Crippen MR) is 143 cm³/mol. The number of sulfonamides is 1. The molecule has 0 atom stereocenters. The van der Waals surface area contributed by atoms with E-state index in [0.29, 0.717) is 17.6 Å². The summed E-state index contributed by atoms with van der Waals surface area (Å²) in [5, 5.41) is 10.3. The molecule has 4 rings (SSSR count). The van der Waals surface area contributed by atoms with Gasteiger partial charge in [0, 0.05) is 37.4 Å². The van der Waals surface area contributed by atoms with Crippen molar-refractivity contribution in [3.63, 3.8) is 0 Å². The summed E-state index contributed by atoms with van der Waals surface area (Å²) >= 11 is 0. The third kappa shape index (κ3) is 6.58. The lowest BCUT2D eigenvalue weighted by atomic mass is 10.0. The van der Waals surface area contributed by atoms with Crippen LogP contribution in [0.25, 0.3) is 22.2 Å². The number of aromatic nitrogens is 4. The van der Waals surface area contributed by atoms with E-state index in [0.717, 1.165) is 18.2 Å². The van der Waals surface area contributed by atoms with E-state index in [1.165, 1.54) is 25.6 Å². The molecule has 1 aromatic carbocycles. The number of hydrogen-bond donors (Lipinski definition) is 1. The van der Waals surface area contributed by atoms with Gasteiger partial charge < -0.3 is 14.2 Å². The Kier molecular flexibility index (Phi) is 8.30. The van der Waals surface area contributed by atoms with Gasteiger partial charge in [-0.1, -0.05) is 19.6 Å². The summed E-state index contributed by atoms with van der Waals surface area (Å²) in [5.74, 6) is -1.92. The third-order valence-corrected chi connectivity index (χ3v) is 8.54. The first-order valence-corrected chi connectivity index (χ1v) is 17.2. The highest BCUT2D eigenvalue weighted by Gasteiger charge is 2.26. The summed E-state index contributed by atoms with van der Waals surface area (Å²) < 4.78 is 72.7. The number of halogens is 2. The number of nitrogens with two attached hydrogens (primary N) is 1. The molecule has 0 saturated carbocycles. The van der Waals surface area contributed by atoms with Crippen molar-refractivity contribution >= 4 is 29.1 Å². The standard InChI is InChI=1S/C25H29F2N5O5SSi/c1-35-25-23(38(28,33)34)19(7-8-29-25)18-5-6-21(26)20(22(18)27)14-37-17-11-16-12-31-32(24(16)30-13-17)15-36-9-10-39(2,3)4/h5-8,11-13H,9-10,14-15H2,1-4H3,(H2,28,33,34). The summed E-state index contributed by atoms with van der Waals surface area (Å²) in [6.07, 6.45) is 4.26. The first kappa shape index (κ1) is 28.5. The molecule has 0 unspecified atom stereocenters. The van der Waals surface area contributed by atoms with Crippen LogP contribution in [0, 0.1) is 11.6 Å². The van der Waals surface area contributed by atoms with Crippen LogP contribution in [0.15, 0.2) is 47.8 Å². The molecule has 39 heavy (non-hydrogen) atoms. The second-order valence-electron chi connectivity index (χ2n) is 9.99. The van der Waals surface area contributed by atoms with Gasteiger partial charge in [0.1, 0.15) is 30.7 Å². The number of benzene rings is 1. The fraction of sp³-hybridized carbons (Fsp3) is 0.320. The minimum atomic E-state index is -4.36. The van der Waals surface area contributed by atoms with Gasteiger partial charge in [-0.05, 0) is 30.3 Å². The van der Waals surface area contributed by atoms with Gasteiger partial charge in [-0.15, -0.1) is 0 Å². The van der Waals surface area contributed by atoms with Crippen molar-refractivity contribution in [3.8, 4) is 22.8 Å². The lowest BCUT2D eigenvalue weighted by Crippen LogP contribution is -2.22. The van der Waals surface area contributed by atoms with Crippen molar-refractivity contribution in [1.29, 1.82) is 0 Å². The Bertz CT molecular complexity index is 1610. The molecule has 10 nitrogen and oxygen atoms in total. The Morgan fingerprint density at radius 2 is 1.85 bits per heavy atom. The van der Waals surface area contributed by atoms with Gasteiger partial charge in [0.25, 0.3) is 0 Å². The molecule has 208 valence electrons. The molecule has 0 aliphatic rings. The van der Waals surface area contributed by atoms with Crippen LogP contribution >= 0.6 is 0 Å². The topological polar surface area (TPSA) is 131 Å². The first-order valence-electron chi connectivity index (χ1n) is 11.9. The number of fused-ring (bicyclic) bond motifs is 1. The van der Waals surface area contributed by atoms with Gasteiger partial charge >= 0.3 is 0 Å². The van der Waals surface area contributed by atoms with Gasteiger partial charge in [-0.25, -0.2) is 37.0 Å². The zero-order valence-corrected chi connectivity index (χ0v) is 23.8. The summed E-state index contributed by atoms with van der Waals surface area (Å²) in [5.41, 5.74) is -0.151. The van der Waals surface area contributed by atoms with E-state index in [9.17, 15) is 12.8 Å². The summed E-state index contributed by atoms with van der Waals surface area (Å²) in [6.45, 7) is 7.22. The molecule has 14 heteroatoms. The molecule has 0 saturated heterocycles. The molecular formula is C25H29F2N5O5SSi. The van der Waals surface area contributed by atoms with Crippen LogP contribution in [0.4, 0.5) is 8.78 Å². The average Bonchev–Trinajstić information content (AvgIpc) is 3.27. The van der Waals surface area contributed by atoms with Gasteiger partial charge in [0.05, 0.1) is 25.1 Å². The van der Waals surface area contributed by atoms with E-state index in [1.807, 2.05) is 0 Å². The van der Waals surface area contributed by atoms with Crippen molar-refractivity contribution in [2.45, 2.75) is 43.9 Å². The third-order valence-electron chi connectivity index (χ3n) is 5.87. The van der Waals surface area contributed by atoms with Crippen LogP contribution in [0.5, 0.6) is 11.6 Å². The van der Waals surface area contributed by atoms with Crippen LogP contribution in [-0.4, -0.2) is 50.0 Å². The molecule has 3 heterocycles. The molecule has 3 aromatic heterocycles. The number of rotatable bonds is 11. The summed E-state index contributed by atoms with van der Waals surface area (Å²) in [7, 11) is -4.35. The van der Waals surface area contributed by atoms with Crippen LogP contribution in [0.2, 0.25) is 25.7 Å². The first-order chi connectivity index (χ1) is 18.4. The van der Waals surface area contributed by atoms with E-state index >= 15 is 4.39 Å². The highest BCUT2D eigenvalue weighted by Crippen LogP contribution is 2.35. The maximum atomic E-state index is 15.5. The number of primary sulfonamides is 1. The fourth-order valence-electron chi connectivity index (χ4n) is 3.81. The highest BCUT2D eigenvalue weighted by molar-refractivity contribution is 7.89. The Morgan fingerprint density at radius 3 is 2.54 bits per heavy atom. The van der Waals surface area contributed by atoms with E-state index < -0.39 is 46.8 Å². The molecule has 0 bridgehead atoms. The zero-order chi connectivity index (χ0) is 28.4. The molecule has 0 fully saturated rings. The van der Waals surface area contributed by atoms with Crippen LogP contribution in [0.3, 0.4) is 0 Å². The van der Waals surface area contributed by atoms with Crippen molar-refractivity contribution in [3.05, 3.63) is 60.1 Å². The van der Waals surface area contributed by atoms with Gasteiger partial charge in [0.2, 0.25) is 15.9 Å². The zero-order valence-electron chi connectivity index (χ0n) is 21.9. The number of pyridine rings is 2. The Balaban J connectivity index is 1.55. The lowest BCUT2D eigenvalue weighted by Gasteiger charge is -2.15. The highest BCUT2D eigenvalue weighted by atomic mass is 32.2. The van der Waals surface area contributed by atoms with Gasteiger partial charge in [-0.3, -0.25) is 0 Å². The maximum absolute atomic E-state index is 15.5. The predicted octanol–water partition coefficient (Wildman–Crippen LogP) is 4.32. The van der Waals surface area contributed by atoms with Crippen LogP contribution < -0.4 is 14.6 Å². The van der Waals surface area contributed by atoms with Crippen molar-refractivity contribution in [2.75, 3.05) is 13.7 Å². The normalized spacial score (nSPS) is 12.2. The van der Waals surface area contributed by atoms with Gasteiger partial charge in [0.15, 0.2) is 10.5 Å². The number of hydrogen-bond acceptors (Lipinski definition) is 8. The van der Waals surface area contributed by atoms with Crippen LogP contribution in [-0.2, 0) is 28.1 Å². The molecular weight excluding hydrogens is 548 g/mol. The maximum Gasteiger partial charge on any atom is 0.244 e. The van der Waals surface area contributed by atoms with Crippen molar-refractivity contribution in [2.24, 2.45) is 5.14 Å². The second kappa shape index (κ2) is 11.3. The molecule has 0 aliphatic heterocycles. The molecule has 0 spiro atoms. The average molecular weight is 578 g/mol. The monoisotopic (exact) mass is 577 g/mol. The Labute approximate surface area is 225 Å².